The first-order valence-corrected chi connectivity index (χ1v) is 10.1. The first-order valence-electron chi connectivity index (χ1n) is 9.26. The van der Waals surface area contributed by atoms with Crippen LogP contribution in [0.15, 0.2) is 69.2 Å². The van der Waals surface area contributed by atoms with Crippen LogP contribution in [0.1, 0.15) is 31.7 Å². The van der Waals surface area contributed by atoms with Crippen LogP contribution in [-0.2, 0) is 14.3 Å². The van der Waals surface area contributed by atoms with Gasteiger partial charge in [-0.1, -0.05) is 24.3 Å². The highest BCUT2D eigenvalue weighted by Gasteiger charge is 2.46. The first kappa shape index (κ1) is 19.1. The minimum absolute atomic E-state index is 0.208. The number of anilines is 1. The zero-order valence-corrected chi connectivity index (χ0v) is 17.1. The van der Waals surface area contributed by atoms with Gasteiger partial charge in [0.2, 0.25) is 11.8 Å². The van der Waals surface area contributed by atoms with E-state index in [0.29, 0.717) is 17.2 Å². The van der Waals surface area contributed by atoms with Crippen molar-refractivity contribution in [3.63, 3.8) is 0 Å². The second-order valence-electron chi connectivity index (χ2n) is 6.55. The van der Waals surface area contributed by atoms with Gasteiger partial charge in [0.05, 0.1) is 23.6 Å². The Bertz CT molecular complexity index is 1040. The average molecular weight is 408 g/mol. The molecule has 148 valence electrons. The third-order valence-electron chi connectivity index (χ3n) is 4.64. The van der Waals surface area contributed by atoms with Gasteiger partial charge in [0, 0.05) is 11.8 Å². The number of Topliss-reactive ketones (excluding diaryl/α,β-unsaturated/α-hetero) is 1. The molecule has 2 aromatic rings. The molecule has 0 aliphatic carbocycles. The number of para-hydroxylation sites is 1. The lowest BCUT2D eigenvalue weighted by Gasteiger charge is -2.34. The second kappa shape index (κ2) is 7.63. The van der Waals surface area contributed by atoms with Gasteiger partial charge in [-0.25, -0.2) is 9.79 Å². The number of hydrogen-bond donors (Lipinski definition) is 0. The van der Waals surface area contributed by atoms with Crippen molar-refractivity contribution >= 4 is 40.6 Å². The van der Waals surface area contributed by atoms with Crippen molar-refractivity contribution in [3.8, 4) is 0 Å². The minimum atomic E-state index is -0.530. The van der Waals surface area contributed by atoms with Gasteiger partial charge in [-0.2, -0.15) is 5.01 Å². The van der Waals surface area contributed by atoms with Crippen molar-refractivity contribution in [2.75, 3.05) is 11.6 Å². The average Bonchev–Trinajstić information content (AvgIpc) is 3.36. The second-order valence-corrected chi connectivity index (χ2v) is 7.53. The lowest BCUT2D eigenvalue weighted by atomic mass is 9.99. The number of nitrogens with zero attached hydrogens (tertiary/aromatic N) is 4. The number of ketones is 1. The standard InChI is InChI=1S/C21H20N4O3S/c1-4-28-20(27)17-13(2)22-21-24(18(17)16-11-8-12-29-16)19(14(3)26)23-25(21)15-9-6-5-7-10-15/h5-12,18H,4H2,1-3H3. The van der Waals surface area contributed by atoms with Gasteiger partial charge in [-0.3, -0.25) is 9.69 Å². The molecule has 1 atom stereocenters. The van der Waals surface area contributed by atoms with Crippen LogP contribution in [0.25, 0.3) is 0 Å². The fourth-order valence-corrected chi connectivity index (χ4v) is 4.25. The third-order valence-corrected chi connectivity index (χ3v) is 5.57. The molecule has 1 aromatic heterocycles. The van der Waals surface area contributed by atoms with Crippen molar-refractivity contribution in [1.82, 2.24) is 4.90 Å². The number of aliphatic imine (C=N–C) groups is 1. The van der Waals surface area contributed by atoms with E-state index in [0.717, 1.165) is 10.6 Å². The van der Waals surface area contributed by atoms with E-state index < -0.39 is 12.0 Å². The largest absolute Gasteiger partial charge is 0.463 e. The van der Waals surface area contributed by atoms with Crippen LogP contribution in [0.3, 0.4) is 0 Å². The van der Waals surface area contributed by atoms with E-state index in [2.05, 4.69) is 10.1 Å². The Balaban J connectivity index is 1.92. The molecule has 2 aliphatic rings. The van der Waals surface area contributed by atoms with Crippen molar-refractivity contribution in [2.45, 2.75) is 26.8 Å². The zero-order chi connectivity index (χ0) is 20.5. The van der Waals surface area contributed by atoms with Crippen LogP contribution in [0.2, 0.25) is 0 Å². The lowest BCUT2D eigenvalue weighted by Crippen LogP contribution is -2.46. The number of benzene rings is 1. The van der Waals surface area contributed by atoms with Crippen molar-refractivity contribution in [3.05, 3.63) is 64.0 Å². The summed E-state index contributed by atoms with van der Waals surface area (Å²) in [5.41, 5.74) is 1.75. The molecule has 3 heterocycles. The summed E-state index contributed by atoms with van der Waals surface area (Å²) >= 11 is 1.51. The molecule has 7 nitrogen and oxygen atoms in total. The van der Waals surface area contributed by atoms with Crippen molar-refractivity contribution < 1.29 is 14.3 Å². The van der Waals surface area contributed by atoms with Gasteiger partial charge >= 0.3 is 5.97 Å². The molecule has 1 aromatic carbocycles. The first-order chi connectivity index (χ1) is 14.0. The molecule has 0 spiro atoms. The number of carbonyl (C=O) groups excluding carboxylic acids is 2. The molecule has 0 radical (unpaired) electrons. The molecular weight excluding hydrogens is 388 g/mol. The summed E-state index contributed by atoms with van der Waals surface area (Å²) in [4.78, 5) is 32.6. The molecule has 0 bridgehead atoms. The van der Waals surface area contributed by atoms with E-state index in [1.165, 1.54) is 18.3 Å². The van der Waals surface area contributed by atoms with Crippen LogP contribution in [0.4, 0.5) is 5.69 Å². The van der Waals surface area contributed by atoms with Crippen LogP contribution in [0, 0.1) is 0 Å². The molecule has 0 fully saturated rings. The lowest BCUT2D eigenvalue weighted by molar-refractivity contribution is -0.139. The van der Waals surface area contributed by atoms with Crippen LogP contribution in [-0.4, -0.2) is 35.1 Å². The monoisotopic (exact) mass is 408 g/mol. The maximum atomic E-state index is 12.8. The topological polar surface area (TPSA) is 74.6 Å². The molecule has 0 amide bonds. The number of allylic oxidation sites excluding steroid dienone is 1. The number of hydrogen-bond acceptors (Lipinski definition) is 8. The number of amidine groups is 1. The maximum Gasteiger partial charge on any atom is 0.338 e. The molecule has 1 unspecified atom stereocenters. The molecule has 4 rings (SSSR count). The Kier molecular flexibility index (Phi) is 5.02. The summed E-state index contributed by atoms with van der Waals surface area (Å²) in [6.45, 7) is 5.27. The predicted molar refractivity (Wildman–Crippen MR) is 113 cm³/mol. The van der Waals surface area contributed by atoms with Gasteiger partial charge in [0.15, 0.2) is 5.78 Å². The van der Waals surface area contributed by atoms with Crippen molar-refractivity contribution in [1.29, 1.82) is 0 Å². The summed E-state index contributed by atoms with van der Waals surface area (Å²) in [6.07, 6.45) is 0. The van der Waals surface area contributed by atoms with Gasteiger partial charge in [0.1, 0.15) is 6.04 Å². The van der Waals surface area contributed by atoms with Gasteiger partial charge < -0.3 is 4.74 Å². The molecule has 0 saturated carbocycles. The maximum absolute atomic E-state index is 12.8. The summed E-state index contributed by atoms with van der Waals surface area (Å²) in [5.74, 6) is 0.0818. The zero-order valence-electron chi connectivity index (χ0n) is 16.3. The van der Waals surface area contributed by atoms with E-state index >= 15 is 0 Å². The van der Waals surface area contributed by atoms with Crippen molar-refractivity contribution in [2.24, 2.45) is 10.1 Å². The normalized spacial score (nSPS) is 18.4. The Hall–Kier alpha value is -3.26. The smallest absolute Gasteiger partial charge is 0.338 e. The number of fused-ring (bicyclic) bond motifs is 1. The molecule has 2 aliphatic heterocycles. The number of esters is 1. The fraction of sp³-hybridized carbons (Fsp3) is 0.238. The SMILES string of the molecule is CCOC(=O)C1=C(C)N=C2N(c3ccccc3)N=C(C(C)=O)N2C1c1cccs1. The predicted octanol–water partition coefficient (Wildman–Crippen LogP) is 3.72. The summed E-state index contributed by atoms with van der Waals surface area (Å²) in [6, 6.07) is 12.8. The fourth-order valence-electron chi connectivity index (χ4n) is 3.43. The highest BCUT2D eigenvalue weighted by atomic mass is 32.1. The molecule has 29 heavy (non-hydrogen) atoms. The highest BCUT2D eigenvalue weighted by molar-refractivity contribution is 7.10. The van der Waals surface area contributed by atoms with E-state index in [4.69, 9.17) is 4.74 Å². The summed E-state index contributed by atoms with van der Waals surface area (Å²) < 4.78 is 5.31. The number of rotatable bonds is 5. The van der Waals surface area contributed by atoms with Gasteiger partial charge in [-0.15, -0.1) is 16.4 Å². The van der Waals surface area contributed by atoms with Crippen LogP contribution in [0.5, 0.6) is 0 Å². The van der Waals surface area contributed by atoms with Crippen LogP contribution < -0.4 is 5.01 Å². The number of thiophene rings is 1. The number of ether oxygens (including phenoxy) is 1. The quantitative estimate of drug-likeness (QED) is 0.705. The summed E-state index contributed by atoms with van der Waals surface area (Å²) in [7, 11) is 0. The Morgan fingerprint density at radius 3 is 2.55 bits per heavy atom. The number of carbonyl (C=O) groups is 2. The number of guanidine groups is 1. The summed E-state index contributed by atoms with van der Waals surface area (Å²) in [5, 5.41) is 8.14. The Labute approximate surface area is 172 Å². The molecule has 0 saturated heterocycles. The van der Waals surface area contributed by atoms with Crippen LogP contribution >= 0.6 is 11.3 Å². The third kappa shape index (κ3) is 3.25. The highest BCUT2D eigenvalue weighted by Crippen LogP contribution is 2.41. The van der Waals surface area contributed by atoms with Gasteiger partial charge in [0.25, 0.3) is 0 Å². The minimum Gasteiger partial charge on any atom is -0.463 e. The van der Waals surface area contributed by atoms with E-state index in [-0.39, 0.29) is 18.2 Å². The Morgan fingerprint density at radius 1 is 1.17 bits per heavy atom. The van der Waals surface area contributed by atoms with E-state index in [1.54, 1.807) is 23.8 Å². The molecule has 0 N–H and O–H groups in total. The number of hydrazone groups is 1. The molecular formula is C21H20N4O3S. The van der Waals surface area contributed by atoms with E-state index in [1.807, 2.05) is 47.8 Å². The van der Waals surface area contributed by atoms with Gasteiger partial charge in [-0.05, 0) is 37.4 Å². The molecule has 8 heteroatoms. The Morgan fingerprint density at radius 2 is 1.93 bits per heavy atom. The van der Waals surface area contributed by atoms with E-state index in [9.17, 15) is 9.59 Å².